The Morgan fingerprint density at radius 2 is 1.73 bits per heavy atom. The van der Waals surface area contributed by atoms with E-state index in [2.05, 4.69) is 17.4 Å². The maximum Gasteiger partial charge on any atom is 0.251 e. The molecule has 1 heterocycles. The highest BCUT2D eigenvalue weighted by molar-refractivity contribution is 6.35. The van der Waals surface area contributed by atoms with E-state index >= 15 is 0 Å². The minimum atomic E-state index is -0.242. The van der Waals surface area contributed by atoms with Crippen LogP contribution in [0.4, 0.5) is 0 Å². The fourth-order valence-corrected chi connectivity index (χ4v) is 3.62. The zero-order valence-corrected chi connectivity index (χ0v) is 15.8. The Hall–Kier alpha value is -2.04. The molecule has 3 rings (SSSR count). The molecule has 0 radical (unpaired) electrons. The lowest BCUT2D eigenvalue weighted by Gasteiger charge is -2.29. The molecule has 4 nitrogen and oxygen atoms in total. The first kappa shape index (κ1) is 18.7. The standard InChI is InChI=1S/C20H20Cl2N2O2/c21-17-10-16(11-18(22)12-17)20(26)23-8-3-6-19(25)24-9-7-14-4-1-2-5-15(14)13-24/h1-2,4-5,10-12H,3,6-9,13H2,(H,23,26). The van der Waals surface area contributed by atoms with Crippen LogP contribution in [-0.4, -0.2) is 29.8 Å². The van der Waals surface area contributed by atoms with Crippen molar-refractivity contribution >= 4 is 35.0 Å². The minimum absolute atomic E-state index is 0.125. The number of fused-ring (bicyclic) bond motifs is 1. The molecule has 1 aliphatic heterocycles. The van der Waals surface area contributed by atoms with Gasteiger partial charge in [-0.05, 0) is 42.2 Å². The average Bonchev–Trinajstić information content (AvgIpc) is 2.63. The topological polar surface area (TPSA) is 49.4 Å². The Bertz CT molecular complexity index is 803. The fourth-order valence-electron chi connectivity index (χ4n) is 3.10. The fraction of sp³-hybridized carbons (Fsp3) is 0.300. The Labute approximate surface area is 163 Å². The second-order valence-electron chi connectivity index (χ2n) is 6.35. The molecule has 0 unspecified atom stereocenters. The molecule has 0 atom stereocenters. The van der Waals surface area contributed by atoms with Crippen molar-refractivity contribution in [1.29, 1.82) is 0 Å². The maximum atomic E-state index is 12.4. The van der Waals surface area contributed by atoms with E-state index in [0.29, 0.717) is 41.5 Å². The lowest BCUT2D eigenvalue weighted by molar-refractivity contribution is -0.132. The van der Waals surface area contributed by atoms with Crippen LogP contribution >= 0.6 is 23.2 Å². The van der Waals surface area contributed by atoms with E-state index in [9.17, 15) is 9.59 Å². The lowest BCUT2D eigenvalue weighted by atomic mass is 9.99. The van der Waals surface area contributed by atoms with E-state index in [1.54, 1.807) is 18.2 Å². The van der Waals surface area contributed by atoms with Crippen LogP contribution in [0.3, 0.4) is 0 Å². The molecule has 2 aromatic rings. The van der Waals surface area contributed by atoms with Crippen molar-refractivity contribution in [2.24, 2.45) is 0 Å². The Kier molecular flexibility index (Phi) is 6.17. The molecule has 0 saturated heterocycles. The molecular weight excluding hydrogens is 371 g/mol. The third kappa shape index (κ3) is 4.77. The molecule has 2 aromatic carbocycles. The molecule has 26 heavy (non-hydrogen) atoms. The van der Waals surface area contributed by atoms with E-state index in [1.165, 1.54) is 11.1 Å². The van der Waals surface area contributed by atoms with Crippen LogP contribution in [0.2, 0.25) is 10.0 Å². The number of rotatable bonds is 5. The largest absolute Gasteiger partial charge is 0.352 e. The van der Waals surface area contributed by atoms with Crippen molar-refractivity contribution in [1.82, 2.24) is 10.2 Å². The molecule has 6 heteroatoms. The van der Waals surface area contributed by atoms with E-state index < -0.39 is 0 Å². The van der Waals surface area contributed by atoms with Crippen LogP contribution in [0.15, 0.2) is 42.5 Å². The number of benzene rings is 2. The number of hydrogen-bond acceptors (Lipinski definition) is 2. The van der Waals surface area contributed by atoms with Crippen LogP contribution < -0.4 is 5.32 Å². The van der Waals surface area contributed by atoms with Gasteiger partial charge in [0.05, 0.1) is 0 Å². The molecule has 0 aromatic heterocycles. The normalized spacial score (nSPS) is 13.2. The van der Waals surface area contributed by atoms with Crippen LogP contribution in [0, 0.1) is 0 Å². The van der Waals surface area contributed by atoms with Crippen molar-refractivity contribution in [2.45, 2.75) is 25.8 Å². The van der Waals surface area contributed by atoms with Gasteiger partial charge in [0.25, 0.3) is 5.91 Å². The zero-order valence-electron chi connectivity index (χ0n) is 14.3. The number of carbonyl (C=O) groups excluding carboxylic acids is 2. The Balaban J connectivity index is 1.44. The second-order valence-corrected chi connectivity index (χ2v) is 7.22. The third-order valence-corrected chi connectivity index (χ3v) is 4.90. The second kappa shape index (κ2) is 8.56. The smallest absolute Gasteiger partial charge is 0.251 e. The van der Waals surface area contributed by atoms with Gasteiger partial charge in [0.2, 0.25) is 5.91 Å². The van der Waals surface area contributed by atoms with Gasteiger partial charge in [-0.15, -0.1) is 0 Å². The summed E-state index contributed by atoms with van der Waals surface area (Å²) in [7, 11) is 0. The summed E-state index contributed by atoms with van der Waals surface area (Å²) in [5, 5.41) is 3.64. The predicted molar refractivity (Wildman–Crippen MR) is 104 cm³/mol. The van der Waals surface area contributed by atoms with Crippen molar-refractivity contribution in [2.75, 3.05) is 13.1 Å². The maximum absolute atomic E-state index is 12.4. The average molecular weight is 391 g/mol. The van der Waals surface area contributed by atoms with Crippen molar-refractivity contribution in [3.05, 3.63) is 69.2 Å². The van der Waals surface area contributed by atoms with Crippen LogP contribution in [0.5, 0.6) is 0 Å². The van der Waals surface area contributed by atoms with Gasteiger partial charge in [-0.2, -0.15) is 0 Å². The van der Waals surface area contributed by atoms with Gasteiger partial charge >= 0.3 is 0 Å². The first-order chi connectivity index (χ1) is 12.5. The first-order valence-electron chi connectivity index (χ1n) is 8.62. The van der Waals surface area contributed by atoms with Crippen molar-refractivity contribution < 1.29 is 9.59 Å². The highest BCUT2D eigenvalue weighted by Gasteiger charge is 2.19. The minimum Gasteiger partial charge on any atom is -0.352 e. The lowest BCUT2D eigenvalue weighted by Crippen LogP contribution is -2.36. The summed E-state index contributed by atoms with van der Waals surface area (Å²) >= 11 is 11.8. The molecular formula is C20H20Cl2N2O2. The van der Waals surface area contributed by atoms with E-state index in [-0.39, 0.29) is 11.8 Å². The van der Waals surface area contributed by atoms with Gasteiger partial charge in [0.1, 0.15) is 0 Å². The summed E-state index contributed by atoms with van der Waals surface area (Å²) in [6.07, 6.45) is 1.91. The van der Waals surface area contributed by atoms with Gasteiger partial charge in [-0.1, -0.05) is 47.5 Å². The molecule has 0 spiro atoms. The van der Waals surface area contributed by atoms with Crippen molar-refractivity contribution in [3.8, 4) is 0 Å². The molecule has 136 valence electrons. The summed E-state index contributed by atoms with van der Waals surface area (Å²) in [5.74, 6) is -0.117. The van der Waals surface area contributed by atoms with E-state index in [1.807, 2.05) is 17.0 Å². The summed E-state index contributed by atoms with van der Waals surface area (Å²) in [5.41, 5.74) is 2.96. The molecule has 0 saturated carbocycles. The van der Waals surface area contributed by atoms with Gasteiger partial charge in [-0.25, -0.2) is 0 Å². The quantitative estimate of drug-likeness (QED) is 0.781. The Morgan fingerprint density at radius 3 is 2.46 bits per heavy atom. The van der Waals surface area contributed by atoms with Gasteiger partial charge in [0.15, 0.2) is 0 Å². The molecule has 1 aliphatic rings. The van der Waals surface area contributed by atoms with Gasteiger partial charge in [-0.3, -0.25) is 9.59 Å². The molecule has 0 bridgehead atoms. The number of amides is 2. The first-order valence-corrected chi connectivity index (χ1v) is 9.37. The van der Waals surface area contributed by atoms with E-state index in [0.717, 1.165) is 13.0 Å². The van der Waals surface area contributed by atoms with Gasteiger partial charge in [0, 0.05) is 41.7 Å². The number of nitrogens with zero attached hydrogens (tertiary/aromatic N) is 1. The number of carbonyl (C=O) groups is 2. The highest BCUT2D eigenvalue weighted by Crippen LogP contribution is 2.20. The van der Waals surface area contributed by atoms with Crippen LogP contribution in [0.1, 0.15) is 34.3 Å². The van der Waals surface area contributed by atoms with E-state index in [4.69, 9.17) is 23.2 Å². The highest BCUT2D eigenvalue weighted by atomic mass is 35.5. The molecule has 2 amide bonds. The van der Waals surface area contributed by atoms with Crippen LogP contribution in [-0.2, 0) is 17.8 Å². The summed E-state index contributed by atoms with van der Waals surface area (Å²) in [4.78, 5) is 26.4. The SMILES string of the molecule is O=C(NCCCC(=O)N1CCc2ccccc2C1)c1cc(Cl)cc(Cl)c1. The number of halogens is 2. The van der Waals surface area contributed by atoms with Crippen molar-refractivity contribution in [3.63, 3.8) is 0 Å². The summed E-state index contributed by atoms with van der Waals surface area (Å²) in [6, 6.07) is 12.9. The molecule has 0 aliphatic carbocycles. The molecule has 0 fully saturated rings. The molecule has 1 N–H and O–H groups in total. The summed E-state index contributed by atoms with van der Waals surface area (Å²) < 4.78 is 0. The monoisotopic (exact) mass is 390 g/mol. The van der Waals surface area contributed by atoms with Crippen LogP contribution in [0.25, 0.3) is 0 Å². The number of nitrogens with one attached hydrogen (secondary N) is 1. The summed E-state index contributed by atoms with van der Waals surface area (Å²) in [6.45, 7) is 1.85. The predicted octanol–water partition coefficient (Wildman–Crippen LogP) is 4.09. The third-order valence-electron chi connectivity index (χ3n) is 4.46. The Morgan fingerprint density at radius 1 is 1.04 bits per heavy atom. The zero-order chi connectivity index (χ0) is 18.5. The number of hydrogen-bond donors (Lipinski definition) is 1. The van der Waals surface area contributed by atoms with Gasteiger partial charge < -0.3 is 10.2 Å².